The molecule has 2 aromatic rings. The van der Waals surface area contributed by atoms with Gasteiger partial charge in [-0.2, -0.15) is 0 Å². The number of non-ortho nitro benzene ring substituents is 1. The lowest BCUT2D eigenvalue weighted by Crippen LogP contribution is -2.20. The number of nitro groups is 1. The summed E-state index contributed by atoms with van der Waals surface area (Å²) < 4.78 is 31.3. The Morgan fingerprint density at radius 2 is 2.00 bits per heavy atom. The highest BCUT2D eigenvalue weighted by Gasteiger charge is 2.12. The van der Waals surface area contributed by atoms with Gasteiger partial charge >= 0.3 is 0 Å². The lowest BCUT2D eigenvalue weighted by atomic mass is 10.3. The van der Waals surface area contributed by atoms with E-state index in [0.717, 1.165) is 12.1 Å². The number of amides is 1. The lowest BCUT2D eigenvalue weighted by molar-refractivity contribution is -0.384. The standard InChI is InChI=1S/C14H9BrF2N2O4/c15-10-6-9(19(21)22)2-3-12(10)18-14(20)7-23-13-4-1-8(16)5-11(13)17/h1-6H,7H2,(H,18,20). The van der Waals surface area contributed by atoms with Gasteiger partial charge in [-0.3, -0.25) is 14.9 Å². The highest BCUT2D eigenvalue weighted by Crippen LogP contribution is 2.27. The van der Waals surface area contributed by atoms with Crippen LogP contribution in [0.25, 0.3) is 0 Å². The lowest BCUT2D eigenvalue weighted by Gasteiger charge is -2.09. The number of hydrogen-bond acceptors (Lipinski definition) is 4. The van der Waals surface area contributed by atoms with Crippen molar-refractivity contribution in [2.45, 2.75) is 0 Å². The number of benzene rings is 2. The molecule has 0 aromatic heterocycles. The van der Waals surface area contributed by atoms with Crippen LogP contribution in [0.1, 0.15) is 0 Å². The summed E-state index contributed by atoms with van der Waals surface area (Å²) in [7, 11) is 0. The van der Waals surface area contributed by atoms with Gasteiger partial charge in [0.15, 0.2) is 18.2 Å². The van der Waals surface area contributed by atoms with Crippen molar-refractivity contribution in [1.82, 2.24) is 0 Å². The molecule has 23 heavy (non-hydrogen) atoms. The summed E-state index contributed by atoms with van der Waals surface area (Å²) in [5.74, 6) is -2.55. The monoisotopic (exact) mass is 386 g/mol. The molecular formula is C14H9BrF2N2O4. The molecule has 9 heteroatoms. The molecule has 2 rings (SSSR count). The number of rotatable bonds is 5. The smallest absolute Gasteiger partial charge is 0.270 e. The molecule has 0 unspecified atom stereocenters. The van der Waals surface area contributed by atoms with Crippen molar-refractivity contribution in [3.8, 4) is 5.75 Å². The molecule has 1 amide bonds. The highest BCUT2D eigenvalue weighted by atomic mass is 79.9. The molecule has 1 N–H and O–H groups in total. The van der Waals surface area contributed by atoms with Crippen LogP contribution in [0.2, 0.25) is 0 Å². The van der Waals surface area contributed by atoms with Crippen LogP contribution in [0.4, 0.5) is 20.2 Å². The van der Waals surface area contributed by atoms with E-state index in [0.29, 0.717) is 16.2 Å². The van der Waals surface area contributed by atoms with Gasteiger partial charge in [0.1, 0.15) is 5.82 Å². The largest absolute Gasteiger partial charge is 0.481 e. The Morgan fingerprint density at radius 3 is 2.61 bits per heavy atom. The van der Waals surface area contributed by atoms with Gasteiger partial charge in [0.25, 0.3) is 11.6 Å². The number of nitro benzene ring substituents is 1. The zero-order valence-electron chi connectivity index (χ0n) is 11.4. The predicted molar refractivity (Wildman–Crippen MR) is 81.3 cm³/mol. The topological polar surface area (TPSA) is 81.5 Å². The molecule has 0 radical (unpaired) electrons. The van der Waals surface area contributed by atoms with E-state index in [1.165, 1.54) is 18.2 Å². The summed E-state index contributed by atoms with van der Waals surface area (Å²) in [6, 6.07) is 6.51. The van der Waals surface area contributed by atoms with Crippen molar-refractivity contribution in [2.75, 3.05) is 11.9 Å². The fraction of sp³-hybridized carbons (Fsp3) is 0.0714. The van der Waals surface area contributed by atoms with Crippen molar-refractivity contribution < 1.29 is 23.2 Å². The maximum atomic E-state index is 13.3. The van der Waals surface area contributed by atoms with Gasteiger partial charge in [0.05, 0.1) is 10.6 Å². The average Bonchev–Trinajstić information content (AvgIpc) is 2.48. The number of halogens is 3. The van der Waals surface area contributed by atoms with E-state index in [9.17, 15) is 23.7 Å². The van der Waals surface area contributed by atoms with Gasteiger partial charge in [-0.25, -0.2) is 8.78 Å². The van der Waals surface area contributed by atoms with Crippen molar-refractivity contribution >= 4 is 33.2 Å². The Bertz CT molecular complexity index is 770. The summed E-state index contributed by atoms with van der Waals surface area (Å²) >= 11 is 3.10. The van der Waals surface area contributed by atoms with Gasteiger partial charge < -0.3 is 10.1 Å². The van der Waals surface area contributed by atoms with Crippen molar-refractivity contribution in [3.05, 3.63) is 62.6 Å². The fourth-order valence-corrected chi connectivity index (χ4v) is 2.11. The summed E-state index contributed by atoms with van der Waals surface area (Å²) in [6.45, 7) is -0.508. The maximum absolute atomic E-state index is 13.3. The first-order chi connectivity index (χ1) is 10.9. The second-order valence-electron chi connectivity index (χ2n) is 4.33. The molecule has 0 aliphatic heterocycles. The normalized spacial score (nSPS) is 10.2. The van der Waals surface area contributed by atoms with E-state index in [2.05, 4.69) is 21.2 Å². The summed E-state index contributed by atoms with van der Waals surface area (Å²) in [5, 5.41) is 13.1. The van der Waals surface area contributed by atoms with Crippen LogP contribution < -0.4 is 10.1 Å². The zero-order chi connectivity index (χ0) is 17.0. The summed E-state index contributed by atoms with van der Waals surface area (Å²) in [5.41, 5.74) is 0.156. The number of carbonyl (C=O) groups is 1. The molecule has 2 aromatic carbocycles. The van der Waals surface area contributed by atoms with Crippen molar-refractivity contribution in [1.29, 1.82) is 0 Å². The average molecular weight is 387 g/mol. The predicted octanol–water partition coefficient (Wildman–Crippen LogP) is 3.65. The number of carbonyl (C=O) groups excluding carboxylic acids is 1. The molecule has 0 saturated heterocycles. The van der Waals surface area contributed by atoms with Crippen LogP contribution in [-0.2, 0) is 4.79 Å². The first-order valence-electron chi connectivity index (χ1n) is 6.18. The third-order valence-corrected chi connectivity index (χ3v) is 3.35. The van der Waals surface area contributed by atoms with Crippen molar-refractivity contribution in [3.63, 3.8) is 0 Å². The van der Waals surface area contributed by atoms with Crippen LogP contribution in [0.3, 0.4) is 0 Å². The number of nitrogens with zero attached hydrogens (tertiary/aromatic N) is 1. The molecule has 120 valence electrons. The molecule has 0 fully saturated rings. The van der Waals surface area contributed by atoms with Crippen LogP contribution in [0, 0.1) is 21.7 Å². The van der Waals surface area contributed by atoms with Gasteiger partial charge in [0.2, 0.25) is 0 Å². The zero-order valence-corrected chi connectivity index (χ0v) is 13.0. The Kier molecular flexibility index (Phi) is 5.22. The molecule has 0 spiro atoms. The Labute approximate surface area is 137 Å². The van der Waals surface area contributed by atoms with Gasteiger partial charge in [-0.05, 0) is 34.1 Å². The number of ether oxygens (including phenoxy) is 1. The number of nitrogens with one attached hydrogen (secondary N) is 1. The molecule has 0 aliphatic rings. The minimum Gasteiger partial charge on any atom is -0.481 e. The maximum Gasteiger partial charge on any atom is 0.270 e. The summed E-state index contributed by atoms with van der Waals surface area (Å²) in [4.78, 5) is 21.8. The molecule has 0 atom stereocenters. The third kappa shape index (κ3) is 4.46. The van der Waals surface area contributed by atoms with E-state index in [1.54, 1.807) is 0 Å². The molecule has 0 heterocycles. The van der Waals surface area contributed by atoms with Crippen molar-refractivity contribution in [2.24, 2.45) is 0 Å². The first kappa shape index (κ1) is 16.8. The van der Waals surface area contributed by atoms with Crippen LogP contribution >= 0.6 is 15.9 Å². The minimum atomic E-state index is -0.922. The SMILES string of the molecule is O=C(COc1ccc(F)cc1F)Nc1ccc([N+](=O)[O-])cc1Br. The van der Waals surface area contributed by atoms with E-state index >= 15 is 0 Å². The van der Waals surface area contributed by atoms with E-state index in [4.69, 9.17) is 4.74 Å². The molecule has 0 saturated carbocycles. The Morgan fingerprint density at radius 1 is 1.26 bits per heavy atom. The third-order valence-electron chi connectivity index (χ3n) is 2.69. The second kappa shape index (κ2) is 7.14. The Balaban J connectivity index is 1.98. The van der Waals surface area contributed by atoms with Gasteiger partial charge in [-0.15, -0.1) is 0 Å². The van der Waals surface area contributed by atoms with Crippen LogP contribution in [0.5, 0.6) is 5.75 Å². The second-order valence-corrected chi connectivity index (χ2v) is 5.19. The quantitative estimate of drug-likeness (QED) is 0.627. The molecule has 6 nitrogen and oxygen atoms in total. The number of hydrogen-bond donors (Lipinski definition) is 1. The first-order valence-corrected chi connectivity index (χ1v) is 6.98. The Hall–Kier alpha value is -2.55. The number of anilines is 1. The van der Waals surface area contributed by atoms with Gasteiger partial charge in [0, 0.05) is 22.7 Å². The van der Waals surface area contributed by atoms with Crippen LogP contribution in [-0.4, -0.2) is 17.4 Å². The molecule has 0 bridgehead atoms. The fourth-order valence-electron chi connectivity index (χ4n) is 1.64. The van der Waals surface area contributed by atoms with Gasteiger partial charge in [-0.1, -0.05) is 0 Å². The molecular weight excluding hydrogens is 378 g/mol. The summed E-state index contributed by atoms with van der Waals surface area (Å²) in [6.07, 6.45) is 0. The van der Waals surface area contributed by atoms with Crippen LogP contribution in [0.15, 0.2) is 40.9 Å². The van der Waals surface area contributed by atoms with E-state index in [-0.39, 0.29) is 11.4 Å². The van der Waals surface area contributed by atoms with E-state index in [1.807, 2.05) is 0 Å². The van der Waals surface area contributed by atoms with E-state index < -0.39 is 29.1 Å². The molecule has 0 aliphatic carbocycles. The minimum absolute atomic E-state index is 0.139. The highest BCUT2D eigenvalue weighted by molar-refractivity contribution is 9.10.